The molecule has 0 heteroatoms. The SMILES string of the molecule is Cc1cc(C)c(Cc2ccc(-c3c4ccccc4c(-c4ccc5ccccc5c4)c4ccccc34)cc2)c(C)c1. The normalized spacial score (nSPS) is 11.5. The van der Waals surface area contributed by atoms with Crippen LogP contribution < -0.4 is 0 Å². The predicted molar refractivity (Wildman–Crippen MR) is 173 cm³/mol. The molecule has 0 nitrogen and oxygen atoms in total. The lowest BCUT2D eigenvalue weighted by atomic mass is 9.85. The Hall–Kier alpha value is -4.68. The van der Waals surface area contributed by atoms with Crippen molar-refractivity contribution in [2.24, 2.45) is 0 Å². The average Bonchev–Trinajstić information content (AvgIpc) is 2.98. The van der Waals surface area contributed by atoms with E-state index in [0.29, 0.717) is 0 Å². The number of aryl methyl sites for hydroxylation is 3. The van der Waals surface area contributed by atoms with Gasteiger partial charge in [-0.1, -0.05) is 127 Å². The minimum absolute atomic E-state index is 0.959. The maximum absolute atomic E-state index is 2.34. The number of rotatable bonds is 4. The number of benzene rings is 7. The van der Waals surface area contributed by atoms with Gasteiger partial charge in [-0.25, -0.2) is 0 Å². The minimum atomic E-state index is 0.959. The molecule has 7 aromatic carbocycles. The third-order valence-corrected chi connectivity index (χ3v) is 8.43. The molecule has 0 unspecified atom stereocenters. The van der Waals surface area contributed by atoms with Gasteiger partial charge in [0.1, 0.15) is 0 Å². The molecule has 0 aliphatic carbocycles. The van der Waals surface area contributed by atoms with Gasteiger partial charge in [-0.3, -0.25) is 0 Å². The molecule has 0 atom stereocenters. The first-order chi connectivity index (χ1) is 19.6. The van der Waals surface area contributed by atoms with E-state index in [-0.39, 0.29) is 0 Å². The second-order valence-electron chi connectivity index (χ2n) is 11.2. The van der Waals surface area contributed by atoms with Gasteiger partial charge in [-0.2, -0.15) is 0 Å². The Morgan fingerprint density at radius 3 is 1.48 bits per heavy atom. The Kier molecular flexibility index (Phi) is 5.98. The molecule has 0 fully saturated rings. The molecular formula is C40H32. The summed E-state index contributed by atoms with van der Waals surface area (Å²) in [5.74, 6) is 0. The van der Waals surface area contributed by atoms with Crippen LogP contribution in [0.25, 0.3) is 54.6 Å². The zero-order chi connectivity index (χ0) is 27.2. The number of hydrogen-bond acceptors (Lipinski definition) is 0. The average molecular weight is 513 g/mol. The molecule has 0 bridgehead atoms. The van der Waals surface area contributed by atoms with E-state index in [2.05, 4.69) is 148 Å². The van der Waals surface area contributed by atoms with Crippen LogP contribution in [0.15, 0.2) is 127 Å². The van der Waals surface area contributed by atoms with Crippen molar-refractivity contribution in [3.63, 3.8) is 0 Å². The van der Waals surface area contributed by atoms with E-state index in [1.165, 1.54) is 82.4 Å². The summed E-state index contributed by atoms with van der Waals surface area (Å²) in [7, 11) is 0. The van der Waals surface area contributed by atoms with Crippen molar-refractivity contribution in [2.45, 2.75) is 27.2 Å². The fraction of sp³-hybridized carbons (Fsp3) is 0.100. The molecule has 7 aromatic rings. The van der Waals surface area contributed by atoms with E-state index in [1.54, 1.807) is 0 Å². The van der Waals surface area contributed by atoms with Gasteiger partial charge in [-0.15, -0.1) is 0 Å². The van der Waals surface area contributed by atoms with Crippen molar-refractivity contribution in [2.75, 3.05) is 0 Å². The predicted octanol–water partition coefficient (Wildman–Crippen LogP) is 11.0. The summed E-state index contributed by atoms with van der Waals surface area (Å²) in [6.45, 7) is 6.65. The first-order valence-electron chi connectivity index (χ1n) is 14.2. The third-order valence-electron chi connectivity index (χ3n) is 8.43. The van der Waals surface area contributed by atoms with E-state index < -0.39 is 0 Å². The molecule has 192 valence electrons. The van der Waals surface area contributed by atoms with Gasteiger partial charge in [0.15, 0.2) is 0 Å². The summed E-state index contributed by atoms with van der Waals surface area (Å²) in [6.07, 6.45) is 0.959. The Morgan fingerprint density at radius 2 is 0.900 bits per heavy atom. The lowest BCUT2D eigenvalue weighted by Crippen LogP contribution is -1.97. The third kappa shape index (κ3) is 4.17. The van der Waals surface area contributed by atoms with Crippen LogP contribution in [0.4, 0.5) is 0 Å². The Morgan fingerprint density at radius 1 is 0.425 bits per heavy atom. The van der Waals surface area contributed by atoms with E-state index in [9.17, 15) is 0 Å². The molecule has 0 aliphatic rings. The van der Waals surface area contributed by atoms with Gasteiger partial charge in [0, 0.05) is 0 Å². The van der Waals surface area contributed by atoms with E-state index in [1.807, 2.05) is 0 Å². The first-order valence-corrected chi connectivity index (χ1v) is 14.2. The zero-order valence-electron chi connectivity index (χ0n) is 23.3. The fourth-order valence-electron chi connectivity index (χ4n) is 6.58. The van der Waals surface area contributed by atoms with Crippen molar-refractivity contribution >= 4 is 32.3 Å². The largest absolute Gasteiger partial charge is 0.0616 e. The summed E-state index contributed by atoms with van der Waals surface area (Å²) in [4.78, 5) is 0. The fourth-order valence-corrected chi connectivity index (χ4v) is 6.58. The molecule has 0 heterocycles. The van der Waals surface area contributed by atoms with Crippen LogP contribution in [0, 0.1) is 20.8 Å². The molecule has 7 rings (SSSR count). The summed E-state index contributed by atoms with van der Waals surface area (Å²) in [5.41, 5.74) is 12.0. The van der Waals surface area contributed by atoms with Gasteiger partial charge in [0.05, 0.1) is 0 Å². The van der Waals surface area contributed by atoms with Crippen molar-refractivity contribution in [3.8, 4) is 22.3 Å². The second-order valence-corrected chi connectivity index (χ2v) is 11.2. The van der Waals surface area contributed by atoms with Crippen LogP contribution in [-0.4, -0.2) is 0 Å². The van der Waals surface area contributed by atoms with Gasteiger partial charge < -0.3 is 0 Å². The molecule has 0 saturated carbocycles. The minimum Gasteiger partial charge on any atom is -0.0616 e. The van der Waals surface area contributed by atoms with Crippen LogP contribution in [-0.2, 0) is 6.42 Å². The van der Waals surface area contributed by atoms with Crippen LogP contribution in [0.5, 0.6) is 0 Å². The van der Waals surface area contributed by atoms with Gasteiger partial charge in [0.25, 0.3) is 0 Å². The maximum Gasteiger partial charge on any atom is -0.00205 e. The zero-order valence-corrected chi connectivity index (χ0v) is 23.3. The van der Waals surface area contributed by atoms with Gasteiger partial charge in [-0.05, 0) is 110 Å². The highest BCUT2D eigenvalue weighted by atomic mass is 14.2. The summed E-state index contributed by atoms with van der Waals surface area (Å²) in [6, 6.07) is 47.2. The lowest BCUT2D eigenvalue weighted by Gasteiger charge is -2.18. The highest BCUT2D eigenvalue weighted by molar-refractivity contribution is 6.21. The highest BCUT2D eigenvalue weighted by Crippen LogP contribution is 2.44. The smallest absolute Gasteiger partial charge is 0.00205 e. The van der Waals surface area contributed by atoms with Crippen LogP contribution in [0.1, 0.15) is 27.8 Å². The summed E-state index contributed by atoms with van der Waals surface area (Å²) < 4.78 is 0. The Bertz CT molecular complexity index is 1960. The quantitative estimate of drug-likeness (QED) is 0.206. The first kappa shape index (κ1) is 24.4. The standard InChI is InChI=1S/C40H32/c1-26-22-27(2)38(28(3)23-26)24-29-16-18-31(19-17-29)39-34-12-6-8-14-36(34)40(37-15-9-7-13-35(37)39)33-21-20-30-10-4-5-11-32(30)25-33/h4-23,25H,24H2,1-3H3. The molecular weight excluding hydrogens is 480 g/mol. The molecule has 0 spiro atoms. The second kappa shape index (κ2) is 9.81. The van der Waals surface area contributed by atoms with E-state index in [0.717, 1.165) is 6.42 Å². The summed E-state index contributed by atoms with van der Waals surface area (Å²) >= 11 is 0. The molecule has 0 aromatic heterocycles. The molecule has 0 saturated heterocycles. The molecule has 0 radical (unpaired) electrons. The molecule has 0 N–H and O–H groups in total. The van der Waals surface area contributed by atoms with Crippen LogP contribution in [0.3, 0.4) is 0 Å². The monoisotopic (exact) mass is 512 g/mol. The van der Waals surface area contributed by atoms with Gasteiger partial charge >= 0.3 is 0 Å². The van der Waals surface area contributed by atoms with Crippen molar-refractivity contribution < 1.29 is 0 Å². The molecule has 0 aliphatic heterocycles. The Balaban J connectivity index is 1.40. The molecule has 0 amide bonds. The van der Waals surface area contributed by atoms with E-state index in [4.69, 9.17) is 0 Å². The summed E-state index contributed by atoms with van der Waals surface area (Å²) in [5, 5.41) is 7.71. The number of hydrogen-bond donors (Lipinski definition) is 0. The van der Waals surface area contributed by atoms with Crippen LogP contribution in [0.2, 0.25) is 0 Å². The maximum atomic E-state index is 2.34. The van der Waals surface area contributed by atoms with Crippen molar-refractivity contribution in [1.29, 1.82) is 0 Å². The van der Waals surface area contributed by atoms with Crippen molar-refractivity contribution in [1.82, 2.24) is 0 Å². The number of fused-ring (bicyclic) bond motifs is 3. The molecule has 40 heavy (non-hydrogen) atoms. The van der Waals surface area contributed by atoms with E-state index >= 15 is 0 Å². The van der Waals surface area contributed by atoms with Gasteiger partial charge in [0.2, 0.25) is 0 Å². The lowest BCUT2D eigenvalue weighted by molar-refractivity contribution is 1.11. The van der Waals surface area contributed by atoms with Crippen LogP contribution >= 0.6 is 0 Å². The van der Waals surface area contributed by atoms with Crippen molar-refractivity contribution in [3.05, 3.63) is 155 Å². The Labute approximate surface area is 236 Å². The topological polar surface area (TPSA) is 0 Å². The highest BCUT2D eigenvalue weighted by Gasteiger charge is 2.17.